The standard InChI is InChI=1S/C29H29IN2O3/c1-31(2)26(33)19-32-17-23(28(34)20-11-5-3-6-12-20)27(22-15-9-10-16-25(22)30)24(18-32)29(35)21-13-7-4-8-14-21/h3-16,23-24,27H,17-19H2,1-2H3/t23-,24-/m0/s1. The molecule has 3 aromatic carbocycles. The van der Waals surface area contributed by atoms with Crippen molar-refractivity contribution in [3.63, 3.8) is 0 Å². The van der Waals surface area contributed by atoms with Crippen LogP contribution in [-0.4, -0.2) is 61.0 Å². The molecule has 0 radical (unpaired) electrons. The number of likely N-dealkylation sites (N-methyl/N-ethyl adjacent to an activating group) is 1. The Bertz CT molecular complexity index is 1140. The third kappa shape index (κ3) is 5.70. The highest BCUT2D eigenvalue weighted by Gasteiger charge is 2.45. The summed E-state index contributed by atoms with van der Waals surface area (Å²) in [5.41, 5.74) is 2.26. The molecule has 1 aliphatic rings. The van der Waals surface area contributed by atoms with Gasteiger partial charge in [-0.2, -0.15) is 0 Å². The smallest absolute Gasteiger partial charge is 0.236 e. The fraction of sp³-hybridized carbons (Fsp3) is 0.276. The Morgan fingerprint density at radius 1 is 0.771 bits per heavy atom. The summed E-state index contributed by atoms with van der Waals surface area (Å²) in [7, 11) is 3.45. The summed E-state index contributed by atoms with van der Waals surface area (Å²) >= 11 is 2.30. The van der Waals surface area contributed by atoms with Crippen molar-refractivity contribution in [2.45, 2.75) is 5.92 Å². The first-order chi connectivity index (χ1) is 16.9. The number of halogens is 1. The van der Waals surface area contributed by atoms with Crippen molar-refractivity contribution in [1.82, 2.24) is 9.80 Å². The predicted octanol–water partition coefficient (Wildman–Crippen LogP) is 4.78. The highest BCUT2D eigenvalue weighted by molar-refractivity contribution is 14.1. The van der Waals surface area contributed by atoms with Gasteiger partial charge in [0.05, 0.1) is 6.54 Å². The van der Waals surface area contributed by atoms with Crippen molar-refractivity contribution in [3.05, 3.63) is 105 Å². The fourth-order valence-corrected chi connectivity index (χ4v) is 5.65. The quantitative estimate of drug-likeness (QED) is 0.299. The molecule has 0 aromatic heterocycles. The summed E-state index contributed by atoms with van der Waals surface area (Å²) in [5.74, 6) is -1.26. The van der Waals surface area contributed by atoms with Gasteiger partial charge in [0.1, 0.15) is 0 Å². The van der Waals surface area contributed by atoms with E-state index in [0.717, 1.165) is 9.13 Å². The highest BCUT2D eigenvalue weighted by atomic mass is 127. The average molecular weight is 580 g/mol. The first-order valence-corrected chi connectivity index (χ1v) is 12.8. The van der Waals surface area contributed by atoms with E-state index in [9.17, 15) is 14.4 Å². The Morgan fingerprint density at radius 3 is 1.69 bits per heavy atom. The van der Waals surface area contributed by atoms with Gasteiger partial charge in [0.25, 0.3) is 0 Å². The van der Waals surface area contributed by atoms with Gasteiger partial charge in [-0.1, -0.05) is 78.9 Å². The van der Waals surface area contributed by atoms with Gasteiger partial charge >= 0.3 is 0 Å². The maximum atomic E-state index is 13.9. The topological polar surface area (TPSA) is 57.7 Å². The number of likely N-dealkylation sites (tertiary alicyclic amines) is 1. The molecule has 5 nitrogen and oxygen atoms in total. The zero-order chi connectivity index (χ0) is 24.9. The van der Waals surface area contributed by atoms with Crippen LogP contribution in [0.1, 0.15) is 32.2 Å². The van der Waals surface area contributed by atoms with Crippen LogP contribution in [-0.2, 0) is 4.79 Å². The van der Waals surface area contributed by atoms with E-state index in [1.165, 1.54) is 0 Å². The van der Waals surface area contributed by atoms with Crippen LogP contribution in [0, 0.1) is 15.4 Å². The van der Waals surface area contributed by atoms with Crippen molar-refractivity contribution in [3.8, 4) is 0 Å². The van der Waals surface area contributed by atoms with E-state index < -0.39 is 11.8 Å². The molecule has 1 fully saturated rings. The second-order valence-electron chi connectivity index (χ2n) is 9.20. The number of nitrogens with zero attached hydrogens (tertiary/aromatic N) is 2. The normalized spacial score (nSPS) is 18.7. The molecule has 2 atom stereocenters. The van der Waals surface area contributed by atoms with E-state index in [1.807, 2.05) is 89.8 Å². The molecular formula is C29H29IN2O3. The van der Waals surface area contributed by atoms with E-state index in [-0.39, 0.29) is 29.9 Å². The molecule has 0 saturated carbocycles. The van der Waals surface area contributed by atoms with Crippen LogP contribution < -0.4 is 0 Å². The average Bonchev–Trinajstić information content (AvgIpc) is 2.88. The minimum Gasteiger partial charge on any atom is -0.348 e. The summed E-state index contributed by atoms with van der Waals surface area (Å²) in [4.78, 5) is 44.0. The molecule has 0 spiro atoms. The number of rotatable bonds is 7. The summed E-state index contributed by atoms with van der Waals surface area (Å²) in [5, 5.41) is 0. The number of hydrogen-bond acceptors (Lipinski definition) is 4. The Morgan fingerprint density at radius 2 is 1.23 bits per heavy atom. The van der Waals surface area contributed by atoms with E-state index in [0.29, 0.717) is 24.2 Å². The van der Waals surface area contributed by atoms with Crippen LogP contribution in [0.5, 0.6) is 0 Å². The Balaban J connectivity index is 1.82. The Labute approximate surface area is 220 Å². The van der Waals surface area contributed by atoms with E-state index >= 15 is 0 Å². The van der Waals surface area contributed by atoms with Crippen molar-refractivity contribution < 1.29 is 14.4 Å². The maximum absolute atomic E-state index is 13.9. The minimum atomic E-state index is -0.463. The van der Waals surface area contributed by atoms with Crippen LogP contribution in [0.2, 0.25) is 0 Å². The third-order valence-corrected chi connectivity index (χ3v) is 7.67. The molecule has 1 aliphatic heterocycles. The number of piperidine rings is 1. The molecule has 180 valence electrons. The van der Waals surface area contributed by atoms with E-state index in [2.05, 4.69) is 22.6 Å². The van der Waals surface area contributed by atoms with Crippen molar-refractivity contribution in [2.24, 2.45) is 11.8 Å². The van der Waals surface area contributed by atoms with Gasteiger partial charge in [-0.05, 0) is 34.2 Å². The molecule has 4 rings (SSSR count). The molecule has 1 heterocycles. The number of ketones is 2. The molecule has 35 heavy (non-hydrogen) atoms. The van der Waals surface area contributed by atoms with Crippen molar-refractivity contribution >= 4 is 40.1 Å². The summed E-state index contributed by atoms with van der Waals surface area (Å²) in [6.07, 6.45) is 0. The number of amides is 1. The number of carbonyl (C=O) groups excluding carboxylic acids is 3. The third-order valence-electron chi connectivity index (χ3n) is 6.69. The van der Waals surface area contributed by atoms with Gasteiger partial charge < -0.3 is 4.90 Å². The van der Waals surface area contributed by atoms with Crippen molar-refractivity contribution in [1.29, 1.82) is 0 Å². The molecule has 1 saturated heterocycles. The second-order valence-corrected chi connectivity index (χ2v) is 10.4. The predicted molar refractivity (Wildman–Crippen MR) is 146 cm³/mol. The SMILES string of the molecule is CN(C)C(=O)CN1C[C@H](C(=O)c2ccccc2)C(c2ccccc2I)[C@@H](C(=O)c2ccccc2)C1. The zero-order valence-corrected chi connectivity index (χ0v) is 22.1. The fourth-order valence-electron chi connectivity index (χ4n) is 4.90. The van der Waals surface area contributed by atoms with Gasteiger partial charge in [0, 0.05) is 59.6 Å². The highest BCUT2D eigenvalue weighted by Crippen LogP contribution is 2.42. The molecule has 0 bridgehead atoms. The first kappa shape index (κ1) is 25.3. The lowest BCUT2D eigenvalue weighted by Gasteiger charge is -2.43. The number of hydrogen-bond donors (Lipinski definition) is 0. The lowest BCUT2D eigenvalue weighted by atomic mass is 9.68. The number of carbonyl (C=O) groups is 3. The summed E-state index contributed by atoms with van der Waals surface area (Å²) in [6, 6.07) is 26.5. The van der Waals surface area contributed by atoms with Gasteiger partial charge in [0.15, 0.2) is 11.6 Å². The molecule has 0 N–H and O–H groups in total. The lowest BCUT2D eigenvalue weighted by Crippen LogP contribution is -2.52. The van der Waals surface area contributed by atoms with E-state index in [1.54, 1.807) is 19.0 Å². The zero-order valence-electron chi connectivity index (χ0n) is 19.9. The Kier molecular flexibility index (Phi) is 8.13. The van der Waals surface area contributed by atoms with Crippen LogP contribution in [0.3, 0.4) is 0 Å². The van der Waals surface area contributed by atoms with Crippen LogP contribution in [0.25, 0.3) is 0 Å². The van der Waals surface area contributed by atoms with E-state index in [4.69, 9.17) is 0 Å². The van der Waals surface area contributed by atoms with Crippen LogP contribution in [0.15, 0.2) is 84.9 Å². The van der Waals surface area contributed by atoms with Gasteiger partial charge in [-0.25, -0.2) is 0 Å². The molecule has 0 aliphatic carbocycles. The Hall–Kier alpha value is -2.84. The van der Waals surface area contributed by atoms with Crippen LogP contribution in [0.4, 0.5) is 0 Å². The second kappa shape index (κ2) is 11.3. The maximum Gasteiger partial charge on any atom is 0.236 e. The monoisotopic (exact) mass is 580 g/mol. The number of benzene rings is 3. The lowest BCUT2D eigenvalue weighted by molar-refractivity contribution is -0.130. The van der Waals surface area contributed by atoms with Gasteiger partial charge in [0.2, 0.25) is 5.91 Å². The van der Waals surface area contributed by atoms with Gasteiger partial charge in [-0.3, -0.25) is 19.3 Å². The molecule has 3 aromatic rings. The summed E-state index contributed by atoms with van der Waals surface area (Å²) in [6.45, 7) is 1.01. The van der Waals surface area contributed by atoms with Crippen molar-refractivity contribution in [2.75, 3.05) is 33.7 Å². The minimum absolute atomic E-state index is 0.00289. The summed E-state index contributed by atoms with van der Waals surface area (Å²) < 4.78 is 1.03. The molecule has 0 unspecified atom stereocenters. The molecule has 1 amide bonds. The molecule has 6 heteroatoms. The van der Waals surface area contributed by atoms with Gasteiger partial charge in [-0.15, -0.1) is 0 Å². The molecular weight excluding hydrogens is 551 g/mol. The largest absolute Gasteiger partial charge is 0.348 e. The first-order valence-electron chi connectivity index (χ1n) is 11.7. The van der Waals surface area contributed by atoms with Crippen LogP contribution >= 0.6 is 22.6 Å². The number of Topliss-reactive ketones (excluding diaryl/α,β-unsaturated/α-hetero) is 2.